The van der Waals surface area contributed by atoms with Gasteiger partial charge < -0.3 is 9.59 Å². The van der Waals surface area contributed by atoms with Crippen molar-refractivity contribution < 1.29 is 35.9 Å². The number of hydrogen-bond donors (Lipinski definition) is 1. The fraction of sp³-hybridized carbons (Fsp3) is 0.423. The van der Waals surface area contributed by atoms with E-state index in [9.17, 15) is 31.4 Å². The summed E-state index contributed by atoms with van der Waals surface area (Å²) in [5.41, 5.74) is -1.31. The number of aliphatic hydroxyl groups excluding tert-OH is 1. The topological polar surface area (TPSA) is 33.1 Å². The van der Waals surface area contributed by atoms with Crippen LogP contribution in [0.15, 0.2) is 54.7 Å². The average Bonchev–Trinajstić information content (AvgIpc) is 3.50. The van der Waals surface area contributed by atoms with Crippen molar-refractivity contribution in [3.63, 3.8) is 0 Å². The molecule has 3 aliphatic rings. The molecule has 1 N–H and O–H groups in total. The lowest BCUT2D eigenvalue weighted by Crippen LogP contribution is -2.72. The Kier molecular flexibility index (Phi) is 4.69. The van der Waals surface area contributed by atoms with Gasteiger partial charge in [-0.15, -0.1) is 0 Å². The van der Waals surface area contributed by atoms with Gasteiger partial charge in [0.15, 0.2) is 0 Å². The molecule has 2 unspecified atom stereocenters. The summed E-state index contributed by atoms with van der Waals surface area (Å²) in [6.45, 7) is 0.668. The van der Waals surface area contributed by atoms with Crippen LogP contribution < -0.4 is 0 Å². The SMILES string of the molecule is O[C@H](c1ccnc2ccccc12)[C@@H]1CC23C[C@H]2CC[N+]13Cc1cc(C(F)(F)F)cc(C(F)(F)F)c1. The summed E-state index contributed by atoms with van der Waals surface area (Å²) in [5.74, 6) is 0.410. The Balaban J connectivity index is 1.41. The second kappa shape index (κ2) is 7.20. The molecule has 184 valence electrons. The van der Waals surface area contributed by atoms with Gasteiger partial charge in [0.05, 0.1) is 29.6 Å². The normalized spacial score (nSPS) is 30.5. The Bertz CT molecular complexity index is 1280. The van der Waals surface area contributed by atoms with Crippen molar-refractivity contribution in [3.05, 3.63) is 77.0 Å². The molecule has 1 saturated carbocycles. The van der Waals surface area contributed by atoms with Crippen LogP contribution in [-0.4, -0.2) is 32.7 Å². The predicted octanol–water partition coefficient (Wildman–Crippen LogP) is 6.26. The van der Waals surface area contributed by atoms with Crippen LogP contribution in [0.1, 0.15) is 47.6 Å². The Labute approximate surface area is 197 Å². The molecule has 2 saturated heterocycles. The molecule has 9 heteroatoms. The molecule has 3 nitrogen and oxygen atoms in total. The summed E-state index contributed by atoms with van der Waals surface area (Å²) >= 11 is 0. The minimum atomic E-state index is -4.88. The van der Waals surface area contributed by atoms with E-state index >= 15 is 0 Å². The molecule has 3 heterocycles. The van der Waals surface area contributed by atoms with E-state index in [1.54, 1.807) is 12.3 Å². The number of aliphatic hydroxyl groups is 1. The second-order valence-corrected chi connectivity index (χ2v) is 10.3. The zero-order valence-electron chi connectivity index (χ0n) is 18.6. The van der Waals surface area contributed by atoms with Crippen molar-refractivity contribution in [2.45, 2.75) is 55.8 Å². The van der Waals surface area contributed by atoms with Crippen molar-refractivity contribution in [3.8, 4) is 0 Å². The number of halogens is 6. The molecule has 0 radical (unpaired) electrons. The van der Waals surface area contributed by atoms with Crippen LogP contribution in [0.5, 0.6) is 0 Å². The van der Waals surface area contributed by atoms with E-state index in [0.717, 1.165) is 35.9 Å². The minimum Gasteiger partial charge on any atom is -0.382 e. The van der Waals surface area contributed by atoms with Crippen LogP contribution in [0.2, 0.25) is 0 Å². The van der Waals surface area contributed by atoms with Crippen molar-refractivity contribution in [2.24, 2.45) is 5.92 Å². The lowest BCUT2D eigenvalue weighted by atomic mass is 9.79. The van der Waals surface area contributed by atoms with E-state index < -0.39 is 29.6 Å². The van der Waals surface area contributed by atoms with E-state index in [4.69, 9.17) is 0 Å². The third kappa shape index (κ3) is 3.31. The van der Waals surface area contributed by atoms with Gasteiger partial charge in [0.2, 0.25) is 0 Å². The highest BCUT2D eigenvalue weighted by Gasteiger charge is 2.82. The van der Waals surface area contributed by atoms with Crippen LogP contribution in [0.25, 0.3) is 10.9 Å². The number of aromatic nitrogens is 1. The molecule has 6 rings (SSSR count). The van der Waals surface area contributed by atoms with Gasteiger partial charge in [-0.2, -0.15) is 26.3 Å². The highest BCUT2D eigenvalue weighted by Crippen LogP contribution is 2.72. The summed E-state index contributed by atoms with van der Waals surface area (Å²) in [4.78, 5) is 4.34. The smallest absolute Gasteiger partial charge is 0.382 e. The maximum Gasteiger partial charge on any atom is 0.416 e. The first-order valence-electron chi connectivity index (χ1n) is 11.6. The first kappa shape index (κ1) is 22.8. The van der Waals surface area contributed by atoms with Gasteiger partial charge in [0, 0.05) is 35.9 Å². The number of hydrogen-bond acceptors (Lipinski definition) is 2. The number of benzene rings is 2. The molecule has 0 bridgehead atoms. The first-order chi connectivity index (χ1) is 16.4. The van der Waals surface area contributed by atoms with Crippen molar-refractivity contribution in [2.75, 3.05) is 6.54 Å². The van der Waals surface area contributed by atoms with E-state index in [2.05, 4.69) is 4.98 Å². The maximum atomic E-state index is 13.5. The van der Waals surface area contributed by atoms with Gasteiger partial charge in [-0.05, 0) is 35.9 Å². The van der Waals surface area contributed by atoms with Gasteiger partial charge >= 0.3 is 12.4 Å². The van der Waals surface area contributed by atoms with E-state index in [0.29, 0.717) is 28.9 Å². The quantitative estimate of drug-likeness (QED) is 0.344. The lowest BCUT2D eigenvalue weighted by molar-refractivity contribution is -1.03. The molecule has 1 aliphatic carbocycles. The number of piperidine rings is 1. The Morgan fingerprint density at radius 2 is 1.66 bits per heavy atom. The number of nitrogens with zero attached hydrogens (tertiary/aromatic N) is 2. The van der Waals surface area contributed by atoms with Crippen LogP contribution in [0.3, 0.4) is 0 Å². The predicted molar refractivity (Wildman–Crippen MR) is 116 cm³/mol. The van der Waals surface area contributed by atoms with Crippen molar-refractivity contribution in [1.82, 2.24) is 4.98 Å². The number of pyridine rings is 1. The van der Waals surface area contributed by atoms with Crippen LogP contribution >= 0.6 is 0 Å². The molecule has 5 atom stereocenters. The second-order valence-electron chi connectivity index (χ2n) is 10.3. The molecule has 3 fully saturated rings. The molecule has 0 amide bonds. The zero-order valence-corrected chi connectivity index (χ0v) is 18.6. The number of para-hydroxylation sites is 1. The number of rotatable bonds is 4. The Morgan fingerprint density at radius 3 is 2.29 bits per heavy atom. The summed E-state index contributed by atoms with van der Waals surface area (Å²) in [6, 6.07) is 10.7. The summed E-state index contributed by atoms with van der Waals surface area (Å²) in [5, 5.41) is 12.3. The van der Waals surface area contributed by atoms with Crippen LogP contribution in [0.4, 0.5) is 26.3 Å². The molecule has 35 heavy (non-hydrogen) atoms. The largest absolute Gasteiger partial charge is 0.416 e. The fourth-order valence-corrected chi connectivity index (χ4v) is 7.00. The van der Waals surface area contributed by atoms with Gasteiger partial charge in [0.25, 0.3) is 0 Å². The first-order valence-corrected chi connectivity index (χ1v) is 11.6. The van der Waals surface area contributed by atoms with E-state index in [-0.39, 0.29) is 29.8 Å². The monoisotopic (exact) mass is 493 g/mol. The van der Waals surface area contributed by atoms with Crippen LogP contribution in [-0.2, 0) is 18.9 Å². The zero-order chi connectivity index (χ0) is 24.8. The third-order valence-electron chi connectivity index (χ3n) is 8.64. The number of quaternary nitrogens is 1. The Morgan fingerprint density at radius 1 is 0.971 bits per heavy atom. The summed E-state index contributed by atoms with van der Waals surface area (Å²) < 4.78 is 81.2. The highest BCUT2D eigenvalue weighted by molar-refractivity contribution is 5.82. The van der Waals surface area contributed by atoms with E-state index in [1.807, 2.05) is 24.3 Å². The highest BCUT2D eigenvalue weighted by atomic mass is 19.4. The van der Waals surface area contributed by atoms with Gasteiger partial charge in [-0.1, -0.05) is 18.2 Å². The molecular formula is C26H23F6N2O+. The number of alkyl halides is 6. The standard InChI is InChI=1S/C26H23F6N2O/c27-25(28,29)17-9-15(10-18(11-17)26(30,31)32)14-34-8-6-16-12-24(16,34)13-22(34)23(35)20-5-7-33-21-4-2-1-3-19(20)21/h1-5,7,9-11,16,22-23,35H,6,8,12-14H2/q+1/t16-,22+,23-,24?,34?/m1/s1. The van der Waals surface area contributed by atoms with Crippen molar-refractivity contribution in [1.29, 1.82) is 0 Å². The summed E-state index contributed by atoms with van der Waals surface area (Å²) in [6.07, 6.45) is -6.58. The molecular weight excluding hydrogens is 470 g/mol. The molecule has 2 aliphatic heterocycles. The van der Waals surface area contributed by atoms with Gasteiger partial charge in [-0.25, -0.2) is 0 Å². The lowest BCUT2D eigenvalue weighted by Gasteiger charge is -2.59. The summed E-state index contributed by atoms with van der Waals surface area (Å²) in [7, 11) is 0. The molecule has 1 spiro atoms. The van der Waals surface area contributed by atoms with Gasteiger partial charge in [0.1, 0.15) is 24.2 Å². The van der Waals surface area contributed by atoms with Crippen molar-refractivity contribution >= 4 is 10.9 Å². The minimum absolute atomic E-state index is 0.00978. The third-order valence-corrected chi connectivity index (χ3v) is 8.64. The van der Waals surface area contributed by atoms with Gasteiger partial charge in [-0.3, -0.25) is 4.98 Å². The Hall–Kier alpha value is -2.65. The molecule has 1 aromatic heterocycles. The van der Waals surface area contributed by atoms with E-state index in [1.165, 1.54) is 0 Å². The number of fused-ring (bicyclic) bond motifs is 1. The maximum absolute atomic E-state index is 13.5. The van der Waals surface area contributed by atoms with Crippen LogP contribution in [0, 0.1) is 5.92 Å². The average molecular weight is 493 g/mol. The molecule has 3 aromatic rings. The molecule has 2 aromatic carbocycles. The fourth-order valence-electron chi connectivity index (χ4n) is 7.00.